The van der Waals surface area contributed by atoms with Crippen LogP contribution in [0.25, 0.3) is 10.2 Å². The van der Waals surface area contributed by atoms with Gasteiger partial charge in [-0.25, -0.2) is 9.97 Å². The SMILES string of the molecule is COc1ccc([N+](=O)[O-])cc1Nc1nc(SC)nc2sc3c(c12)CCCC3. The topological polar surface area (TPSA) is 90.2 Å². The lowest BCUT2D eigenvalue weighted by atomic mass is 9.97. The Kier molecular flexibility index (Phi) is 4.88. The fraction of sp³-hybridized carbons (Fsp3) is 0.333. The Hall–Kier alpha value is -2.39. The Morgan fingerprint density at radius 2 is 2.11 bits per heavy atom. The van der Waals surface area contributed by atoms with Crippen molar-refractivity contribution < 1.29 is 9.66 Å². The van der Waals surface area contributed by atoms with Crippen molar-refractivity contribution in [2.45, 2.75) is 30.8 Å². The maximum Gasteiger partial charge on any atom is 0.271 e. The van der Waals surface area contributed by atoms with Crippen molar-refractivity contribution in [1.29, 1.82) is 0 Å². The number of aromatic nitrogens is 2. The maximum atomic E-state index is 11.2. The number of benzene rings is 1. The molecule has 1 N–H and O–H groups in total. The zero-order valence-corrected chi connectivity index (χ0v) is 16.6. The summed E-state index contributed by atoms with van der Waals surface area (Å²) in [6, 6.07) is 4.50. The van der Waals surface area contributed by atoms with Crippen LogP contribution in [0.5, 0.6) is 5.75 Å². The van der Waals surface area contributed by atoms with E-state index in [1.165, 1.54) is 40.8 Å². The number of rotatable bonds is 5. The Bertz CT molecular complexity index is 1040. The van der Waals surface area contributed by atoms with E-state index in [0.717, 1.165) is 29.5 Å². The summed E-state index contributed by atoms with van der Waals surface area (Å²) in [6.45, 7) is 0. The van der Waals surface area contributed by atoms with E-state index in [2.05, 4.69) is 15.3 Å². The van der Waals surface area contributed by atoms with Gasteiger partial charge in [-0.15, -0.1) is 11.3 Å². The highest BCUT2D eigenvalue weighted by atomic mass is 32.2. The number of nitro benzene ring substituents is 1. The summed E-state index contributed by atoms with van der Waals surface area (Å²) < 4.78 is 5.38. The van der Waals surface area contributed by atoms with Gasteiger partial charge in [0.1, 0.15) is 16.4 Å². The van der Waals surface area contributed by atoms with E-state index in [-0.39, 0.29) is 5.69 Å². The van der Waals surface area contributed by atoms with Gasteiger partial charge >= 0.3 is 0 Å². The van der Waals surface area contributed by atoms with E-state index < -0.39 is 4.92 Å². The van der Waals surface area contributed by atoms with Crippen LogP contribution in [0.3, 0.4) is 0 Å². The number of thiophene rings is 1. The third-order valence-corrected chi connectivity index (χ3v) is 6.36. The highest BCUT2D eigenvalue weighted by Crippen LogP contribution is 2.41. The summed E-state index contributed by atoms with van der Waals surface area (Å²) in [5, 5.41) is 16.2. The van der Waals surface area contributed by atoms with Crippen LogP contribution in [0, 0.1) is 10.1 Å². The molecule has 2 heterocycles. The molecule has 2 aromatic heterocycles. The van der Waals surface area contributed by atoms with E-state index in [9.17, 15) is 10.1 Å². The normalized spacial score (nSPS) is 13.4. The molecule has 140 valence electrons. The molecule has 0 spiro atoms. The van der Waals surface area contributed by atoms with E-state index in [1.807, 2.05) is 6.26 Å². The maximum absolute atomic E-state index is 11.2. The Morgan fingerprint density at radius 1 is 1.30 bits per heavy atom. The average Bonchev–Trinajstić information content (AvgIpc) is 3.06. The quantitative estimate of drug-likeness (QED) is 0.279. The summed E-state index contributed by atoms with van der Waals surface area (Å²) in [6.07, 6.45) is 6.38. The van der Waals surface area contributed by atoms with Crippen molar-refractivity contribution in [3.05, 3.63) is 38.8 Å². The Balaban J connectivity index is 1.87. The number of thioether (sulfide) groups is 1. The first-order valence-corrected chi connectivity index (χ1v) is 10.6. The lowest BCUT2D eigenvalue weighted by molar-refractivity contribution is -0.384. The lowest BCUT2D eigenvalue weighted by Crippen LogP contribution is -2.03. The summed E-state index contributed by atoms with van der Waals surface area (Å²) in [5.41, 5.74) is 1.83. The summed E-state index contributed by atoms with van der Waals surface area (Å²) >= 11 is 3.21. The predicted octanol–water partition coefficient (Wildman–Crippen LogP) is 4.95. The molecular formula is C18H18N4O3S2. The number of anilines is 2. The summed E-state index contributed by atoms with van der Waals surface area (Å²) in [5.74, 6) is 1.21. The standard InChI is InChI=1S/C18H18N4O3S2/c1-25-13-8-7-10(22(23)24)9-12(13)19-16-15-11-5-3-4-6-14(11)27-17(15)21-18(20-16)26-2/h7-9H,3-6H2,1-2H3,(H,19,20,21). The van der Waals surface area contributed by atoms with Crippen molar-refractivity contribution in [1.82, 2.24) is 9.97 Å². The third kappa shape index (κ3) is 3.32. The van der Waals surface area contributed by atoms with Crippen LogP contribution < -0.4 is 10.1 Å². The van der Waals surface area contributed by atoms with E-state index in [1.54, 1.807) is 24.5 Å². The minimum Gasteiger partial charge on any atom is -0.495 e. The van der Waals surface area contributed by atoms with Gasteiger partial charge in [0, 0.05) is 17.0 Å². The van der Waals surface area contributed by atoms with Crippen LogP contribution >= 0.6 is 23.1 Å². The van der Waals surface area contributed by atoms with Gasteiger partial charge in [0.25, 0.3) is 5.69 Å². The first-order valence-electron chi connectivity index (χ1n) is 8.56. The summed E-state index contributed by atoms with van der Waals surface area (Å²) in [7, 11) is 1.54. The molecule has 0 saturated carbocycles. The van der Waals surface area contributed by atoms with Crippen LogP contribution in [-0.4, -0.2) is 28.3 Å². The first-order chi connectivity index (χ1) is 13.1. The number of aryl methyl sites for hydroxylation is 2. The molecule has 0 unspecified atom stereocenters. The molecule has 9 heteroatoms. The molecule has 0 bridgehead atoms. The molecular weight excluding hydrogens is 384 g/mol. The number of hydrogen-bond acceptors (Lipinski definition) is 8. The minimum atomic E-state index is -0.417. The van der Waals surface area contributed by atoms with Gasteiger partial charge in [-0.2, -0.15) is 0 Å². The van der Waals surface area contributed by atoms with Crippen molar-refractivity contribution >= 4 is 50.5 Å². The average molecular weight is 403 g/mol. The van der Waals surface area contributed by atoms with Gasteiger partial charge in [0.05, 0.1) is 23.1 Å². The molecule has 0 fully saturated rings. The molecule has 1 aromatic carbocycles. The van der Waals surface area contributed by atoms with Crippen molar-refractivity contribution in [3.63, 3.8) is 0 Å². The molecule has 0 radical (unpaired) electrons. The van der Waals surface area contributed by atoms with Gasteiger partial charge in [0.15, 0.2) is 5.16 Å². The number of ether oxygens (including phenoxy) is 1. The first kappa shape index (κ1) is 18.0. The molecule has 3 aromatic rings. The minimum absolute atomic E-state index is 0.000961. The van der Waals surface area contributed by atoms with Gasteiger partial charge in [0.2, 0.25) is 0 Å². The second-order valence-corrected chi connectivity index (χ2v) is 8.07. The van der Waals surface area contributed by atoms with E-state index in [4.69, 9.17) is 4.74 Å². The number of fused-ring (bicyclic) bond motifs is 3. The zero-order chi connectivity index (χ0) is 19.0. The predicted molar refractivity (Wildman–Crippen MR) is 109 cm³/mol. The molecule has 7 nitrogen and oxygen atoms in total. The molecule has 27 heavy (non-hydrogen) atoms. The second-order valence-electron chi connectivity index (χ2n) is 6.22. The number of methoxy groups -OCH3 is 1. The highest BCUT2D eigenvalue weighted by Gasteiger charge is 2.22. The van der Waals surface area contributed by atoms with Crippen molar-refractivity contribution in [2.75, 3.05) is 18.7 Å². The summed E-state index contributed by atoms with van der Waals surface area (Å²) in [4.78, 5) is 22.4. The third-order valence-electron chi connectivity index (χ3n) is 4.62. The zero-order valence-electron chi connectivity index (χ0n) is 14.9. The molecule has 0 amide bonds. The number of nitrogens with zero attached hydrogens (tertiary/aromatic N) is 3. The van der Waals surface area contributed by atoms with Gasteiger partial charge in [-0.1, -0.05) is 11.8 Å². The van der Waals surface area contributed by atoms with Crippen molar-refractivity contribution in [3.8, 4) is 5.75 Å². The molecule has 0 atom stereocenters. The molecule has 1 aliphatic rings. The number of nitrogens with one attached hydrogen (secondary N) is 1. The lowest BCUT2D eigenvalue weighted by Gasteiger charge is -2.14. The smallest absolute Gasteiger partial charge is 0.271 e. The van der Waals surface area contributed by atoms with Crippen LogP contribution in [-0.2, 0) is 12.8 Å². The molecule has 4 rings (SSSR count). The van der Waals surface area contributed by atoms with Crippen molar-refractivity contribution in [2.24, 2.45) is 0 Å². The van der Waals surface area contributed by atoms with Gasteiger partial charge < -0.3 is 10.1 Å². The fourth-order valence-corrected chi connectivity index (χ4v) is 5.04. The molecule has 1 aliphatic carbocycles. The number of hydrogen-bond donors (Lipinski definition) is 1. The van der Waals surface area contributed by atoms with Gasteiger partial charge in [-0.05, 0) is 43.6 Å². The van der Waals surface area contributed by atoms with Crippen LogP contribution in [0.4, 0.5) is 17.2 Å². The van der Waals surface area contributed by atoms with Crippen LogP contribution in [0.2, 0.25) is 0 Å². The number of non-ortho nitro benzene ring substituents is 1. The van der Waals surface area contributed by atoms with Gasteiger partial charge in [-0.3, -0.25) is 10.1 Å². The van der Waals surface area contributed by atoms with Crippen LogP contribution in [0.15, 0.2) is 23.4 Å². The second kappa shape index (κ2) is 7.32. The number of nitro groups is 1. The molecule has 0 saturated heterocycles. The van der Waals surface area contributed by atoms with Crippen LogP contribution in [0.1, 0.15) is 23.3 Å². The molecule has 0 aliphatic heterocycles. The van der Waals surface area contributed by atoms with E-state index >= 15 is 0 Å². The monoisotopic (exact) mass is 402 g/mol. The fourth-order valence-electron chi connectivity index (χ4n) is 3.35. The Morgan fingerprint density at radius 3 is 2.85 bits per heavy atom. The highest BCUT2D eigenvalue weighted by molar-refractivity contribution is 7.98. The Labute approximate surface area is 164 Å². The largest absolute Gasteiger partial charge is 0.495 e. The van der Waals surface area contributed by atoms with E-state index in [0.29, 0.717) is 22.4 Å².